The minimum atomic E-state index is -0.393. The first-order valence-electron chi connectivity index (χ1n) is 6.18. The zero-order valence-electron chi connectivity index (χ0n) is 11.3. The number of nitrogens with two attached hydrogens (primary N) is 1. The molecule has 0 saturated carbocycles. The van der Waals surface area contributed by atoms with Gasteiger partial charge in [-0.1, -0.05) is 29.3 Å². The minimum Gasteiger partial charge on any atom is -0.493 e. The largest absolute Gasteiger partial charge is 0.493 e. The SMILES string of the molecule is COc1cc(Cl)cc(CN)c1OCc1ccc(F)cc1Cl. The summed E-state index contributed by atoms with van der Waals surface area (Å²) in [6, 6.07) is 7.49. The van der Waals surface area contributed by atoms with E-state index in [0.29, 0.717) is 27.1 Å². The fourth-order valence-corrected chi connectivity index (χ4v) is 2.33. The van der Waals surface area contributed by atoms with E-state index in [4.69, 9.17) is 38.4 Å². The smallest absolute Gasteiger partial charge is 0.166 e. The van der Waals surface area contributed by atoms with Crippen molar-refractivity contribution in [3.8, 4) is 11.5 Å². The molecule has 0 saturated heterocycles. The average Bonchev–Trinajstić information content (AvgIpc) is 2.46. The molecule has 0 aromatic heterocycles. The lowest BCUT2D eigenvalue weighted by Gasteiger charge is -2.15. The molecule has 0 aliphatic carbocycles. The van der Waals surface area contributed by atoms with Gasteiger partial charge in [0, 0.05) is 28.8 Å². The molecule has 6 heteroatoms. The molecule has 2 rings (SSSR count). The average molecular weight is 330 g/mol. The van der Waals surface area contributed by atoms with Gasteiger partial charge in [0.15, 0.2) is 11.5 Å². The van der Waals surface area contributed by atoms with Crippen molar-refractivity contribution < 1.29 is 13.9 Å². The summed E-state index contributed by atoms with van der Waals surface area (Å²) in [5, 5.41) is 0.816. The molecule has 0 spiro atoms. The molecule has 0 aliphatic rings. The number of benzene rings is 2. The van der Waals surface area contributed by atoms with Crippen LogP contribution in [0.1, 0.15) is 11.1 Å². The van der Waals surface area contributed by atoms with E-state index in [1.165, 1.54) is 19.2 Å². The van der Waals surface area contributed by atoms with E-state index in [1.807, 2.05) is 0 Å². The fraction of sp³-hybridized carbons (Fsp3) is 0.200. The summed E-state index contributed by atoms with van der Waals surface area (Å²) < 4.78 is 24.0. The molecule has 0 heterocycles. The molecular formula is C15H14Cl2FNO2. The van der Waals surface area contributed by atoms with Crippen LogP contribution in [-0.4, -0.2) is 7.11 Å². The second-order valence-corrected chi connectivity index (χ2v) is 5.17. The molecular weight excluding hydrogens is 316 g/mol. The lowest BCUT2D eigenvalue weighted by Crippen LogP contribution is -2.05. The second-order valence-electron chi connectivity index (χ2n) is 4.32. The van der Waals surface area contributed by atoms with Gasteiger partial charge in [0.25, 0.3) is 0 Å². The third-order valence-corrected chi connectivity index (χ3v) is 3.49. The summed E-state index contributed by atoms with van der Waals surface area (Å²) in [6.45, 7) is 0.424. The number of halogens is 3. The molecule has 3 nitrogen and oxygen atoms in total. The first-order chi connectivity index (χ1) is 10.0. The Balaban J connectivity index is 2.26. The van der Waals surface area contributed by atoms with E-state index in [9.17, 15) is 4.39 Å². The van der Waals surface area contributed by atoms with Gasteiger partial charge in [0.05, 0.1) is 12.1 Å². The third-order valence-electron chi connectivity index (χ3n) is 2.92. The maximum absolute atomic E-state index is 13.0. The Bertz CT molecular complexity index is 625. The summed E-state index contributed by atoms with van der Waals surface area (Å²) in [5.74, 6) is 0.599. The van der Waals surface area contributed by atoms with Crippen LogP contribution in [0.15, 0.2) is 30.3 Å². The lowest BCUT2D eigenvalue weighted by molar-refractivity contribution is 0.281. The Hall–Kier alpha value is -1.49. The van der Waals surface area contributed by atoms with Crippen LogP contribution in [0.3, 0.4) is 0 Å². The van der Waals surface area contributed by atoms with Crippen molar-refractivity contribution in [2.75, 3.05) is 7.11 Å². The highest BCUT2D eigenvalue weighted by atomic mass is 35.5. The summed E-state index contributed by atoms with van der Waals surface area (Å²) in [4.78, 5) is 0. The highest BCUT2D eigenvalue weighted by molar-refractivity contribution is 6.31. The van der Waals surface area contributed by atoms with Gasteiger partial charge in [-0.3, -0.25) is 0 Å². The van der Waals surface area contributed by atoms with Crippen molar-refractivity contribution in [3.63, 3.8) is 0 Å². The topological polar surface area (TPSA) is 44.5 Å². The molecule has 0 unspecified atom stereocenters. The summed E-state index contributed by atoms with van der Waals surface area (Å²) in [5.41, 5.74) is 7.08. The molecule has 2 aromatic rings. The van der Waals surface area contributed by atoms with E-state index in [-0.39, 0.29) is 13.2 Å². The van der Waals surface area contributed by atoms with Gasteiger partial charge < -0.3 is 15.2 Å². The number of rotatable bonds is 5. The number of methoxy groups -OCH3 is 1. The van der Waals surface area contributed by atoms with Crippen LogP contribution >= 0.6 is 23.2 Å². The van der Waals surface area contributed by atoms with Crippen LogP contribution in [-0.2, 0) is 13.2 Å². The second kappa shape index (κ2) is 6.98. The highest BCUT2D eigenvalue weighted by Crippen LogP contribution is 2.35. The van der Waals surface area contributed by atoms with Gasteiger partial charge in [-0.15, -0.1) is 0 Å². The zero-order valence-corrected chi connectivity index (χ0v) is 12.8. The van der Waals surface area contributed by atoms with Gasteiger partial charge in [-0.25, -0.2) is 4.39 Å². The van der Waals surface area contributed by atoms with Crippen LogP contribution in [0.2, 0.25) is 10.0 Å². The predicted molar refractivity (Wildman–Crippen MR) is 81.6 cm³/mol. The molecule has 112 valence electrons. The van der Waals surface area contributed by atoms with Crippen molar-refractivity contribution in [3.05, 3.63) is 57.3 Å². The highest BCUT2D eigenvalue weighted by Gasteiger charge is 2.13. The van der Waals surface area contributed by atoms with Crippen LogP contribution in [0.25, 0.3) is 0 Å². The Labute approximate surface area is 132 Å². The monoisotopic (exact) mass is 329 g/mol. The van der Waals surface area contributed by atoms with Crippen molar-refractivity contribution in [1.29, 1.82) is 0 Å². The van der Waals surface area contributed by atoms with Crippen molar-refractivity contribution >= 4 is 23.2 Å². The molecule has 21 heavy (non-hydrogen) atoms. The maximum Gasteiger partial charge on any atom is 0.166 e. The number of hydrogen-bond acceptors (Lipinski definition) is 3. The number of ether oxygens (including phenoxy) is 2. The molecule has 0 aliphatic heterocycles. The molecule has 0 bridgehead atoms. The van der Waals surface area contributed by atoms with E-state index in [1.54, 1.807) is 18.2 Å². The van der Waals surface area contributed by atoms with Gasteiger partial charge in [0.1, 0.15) is 12.4 Å². The molecule has 0 radical (unpaired) electrons. The van der Waals surface area contributed by atoms with Crippen molar-refractivity contribution in [1.82, 2.24) is 0 Å². The fourth-order valence-electron chi connectivity index (χ4n) is 1.88. The van der Waals surface area contributed by atoms with Crippen LogP contribution in [0.4, 0.5) is 4.39 Å². The standard InChI is InChI=1S/C15H14Cl2FNO2/c1-20-14-5-11(16)4-10(7-19)15(14)21-8-9-2-3-12(18)6-13(9)17/h2-6H,7-8,19H2,1H3. The van der Waals surface area contributed by atoms with Crippen molar-refractivity contribution in [2.45, 2.75) is 13.2 Å². The van der Waals surface area contributed by atoms with Crippen LogP contribution in [0, 0.1) is 5.82 Å². The quantitative estimate of drug-likeness (QED) is 0.894. The third kappa shape index (κ3) is 3.79. The summed E-state index contributed by atoms with van der Waals surface area (Å²) in [6.07, 6.45) is 0. The van der Waals surface area contributed by atoms with E-state index in [0.717, 1.165) is 5.56 Å². The van der Waals surface area contributed by atoms with Crippen LogP contribution in [0.5, 0.6) is 11.5 Å². The first kappa shape index (κ1) is 15.9. The van der Waals surface area contributed by atoms with Gasteiger partial charge >= 0.3 is 0 Å². The van der Waals surface area contributed by atoms with E-state index in [2.05, 4.69) is 0 Å². The Morgan fingerprint density at radius 2 is 1.90 bits per heavy atom. The first-order valence-corrected chi connectivity index (χ1v) is 6.94. The van der Waals surface area contributed by atoms with E-state index >= 15 is 0 Å². The molecule has 0 amide bonds. The molecule has 0 fully saturated rings. The summed E-state index contributed by atoms with van der Waals surface area (Å²) >= 11 is 12.0. The zero-order chi connectivity index (χ0) is 15.4. The molecule has 0 atom stereocenters. The minimum absolute atomic E-state index is 0.171. The molecule has 2 aromatic carbocycles. The van der Waals surface area contributed by atoms with Crippen LogP contribution < -0.4 is 15.2 Å². The van der Waals surface area contributed by atoms with Gasteiger partial charge in [-0.2, -0.15) is 0 Å². The van der Waals surface area contributed by atoms with Crippen molar-refractivity contribution in [2.24, 2.45) is 5.73 Å². The van der Waals surface area contributed by atoms with Gasteiger partial charge in [0.2, 0.25) is 0 Å². The van der Waals surface area contributed by atoms with Gasteiger partial charge in [-0.05, 0) is 18.2 Å². The van der Waals surface area contributed by atoms with E-state index < -0.39 is 5.82 Å². The summed E-state index contributed by atoms with van der Waals surface area (Å²) in [7, 11) is 1.52. The lowest BCUT2D eigenvalue weighted by atomic mass is 10.2. The predicted octanol–water partition coefficient (Wildman–Crippen LogP) is 4.18. The Morgan fingerprint density at radius 3 is 2.52 bits per heavy atom. The Morgan fingerprint density at radius 1 is 1.14 bits per heavy atom. The molecule has 2 N–H and O–H groups in total. The maximum atomic E-state index is 13.0. The Kier molecular flexibility index (Phi) is 5.28. The number of hydrogen-bond donors (Lipinski definition) is 1. The normalized spacial score (nSPS) is 10.5.